The molecule has 0 aliphatic carbocycles. The summed E-state index contributed by atoms with van der Waals surface area (Å²) in [6.45, 7) is 10.6. The summed E-state index contributed by atoms with van der Waals surface area (Å²) in [6, 6.07) is 0. The summed E-state index contributed by atoms with van der Waals surface area (Å²) in [5.41, 5.74) is 5.03. The second kappa shape index (κ2) is 32.4. The third-order valence-corrected chi connectivity index (χ3v) is 3.94. The van der Waals surface area contributed by atoms with Crippen molar-refractivity contribution in [3.63, 3.8) is 0 Å². The minimum Gasteiger partial charge on any atom is -0.400 e. The minimum absolute atomic E-state index is 0.190. The smallest absolute Gasteiger partial charge is 0.224 e. The van der Waals surface area contributed by atoms with E-state index >= 15 is 0 Å². The minimum atomic E-state index is 0.190. The van der Waals surface area contributed by atoms with Crippen LogP contribution < -0.4 is 11.1 Å². The lowest BCUT2D eigenvalue weighted by atomic mass is 10.2. The summed E-state index contributed by atoms with van der Waals surface area (Å²) in [5.74, 6) is 3.20. The van der Waals surface area contributed by atoms with E-state index in [0.29, 0.717) is 71.6 Å². The van der Waals surface area contributed by atoms with Crippen molar-refractivity contribution in [3.05, 3.63) is 0 Å². The third kappa shape index (κ3) is 30.3. The van der Waals surface area contributed by atoms with E-state index in [9.17, 15) is 4.79 Å². The Morgan fingerprint density at radius 3 is 1.94 bits per heavy atom. The molecule has 1 heterocycles. The molecule has 0 aromatic heterocycles. The van der Waals surface area contributed by atoms with Gasteiger partial charge in [0.05, 0.1) is 52.7 Å². The fourth-order valence-electron chi connectivity index (χ4n) is 2.27. The van der Waals surface area contributed by atoms with E-state index in [-0.39, 0.29) is 5.91 Å². The highest BCUT2D eigenvalue weighted by molar-refractivity contribution is 5.76. The van der Waals surface area contributed by atoms with Gasteiger partial charge in [-0.05, 0) is 25.3 Å². The fourth-order valence-corrected chi connectivity index (χ4v) is 2.27. The molecule has 1 aliphatic heterocycles. The molecule has 0 radical (unpaired) electrons. The number of carbonyl (C=O) groups excluding carboxylic acids is 2. The van der Waals surface area contributed by atoms with Gasteiger partial charge in [0.2, 0.25) is 12.3 Å². The first-order valence-corrected chi connectivity index (χ1v) is 11.3. The lowest BCUT2D eigenvalue weighted by Crippen LogP contribution is -2.29. The van der Waals surface area contributed by atoms with Crippen molar-refractivity contribution in [3.8, 4) is 12.3 Å². The molecule has 0 bridgehead atoms. The van der Waals surface area contributed by atoms with Crippen molar-refractivity contribution >= 4 is 12.3 Å². The Morgan fingerprint density at radius 1 is 1.12 bits per heavy atom. The molecule has 1 unspecified atom stereocenters. The number of nitrogens with two attached hydrogens (primary N) is 1. The number of hydrogen-bond acceptors (Lipinski definition) is 8. The van der Waals surface area contributed by atoms with Crippen LogP contribution in [0.25, 0.3) is 0 Å². The molecule has 1 fully saturated rings. The van der Waals surface area contributed by atoms with Gasteiger partial charge in [0.25, 0.3) is 0 Å². The molecular formula is C23H47N3O7. The number of ether oxygens (including phenoxy) is 4. The Balaban J connectivity index is -0.000000762. The molecule has 1 saturated heterocycles. The second-order valence-corrected chi connectivity index (χ2v) is 6.77. The van der Waals surface area contributed by atoms with E-state index in [1.165, 1.54) is 0 Å². The molecule has 10 nitrogen and oxygen atoms in total. The van der Waals surface area contributed by atoms with Crippen LogP contribution in [0.2, 0.25) is 0 Å². The molecule has 1 rings (SSSR count). The number of aliphatic hydroxyl groups excluding tert-OH is 1. The lowest BCUT2D eigenvalue weighted by Gasteiger charge is -2.15. The standard InChI is InChI=1S/C17H29NO5.C3H9N.C2H5NO.CH4O/c1-3-7-20-9-11-22-13-14-23-12-10-21-8-5-17(19)18-6-4-16(2)15-18;1-2-3-4;1-3-2-4;1-2/h1,16H,4-15H2,2H3;2-4H2,1H3;2H,1H3,(H,3,4);2H,1H3. The van der Waals surface area contributed by atoms with E-state index in [1.807, 2.05) is 4.90 Å². The monoisotopic (exact) mass is 477 g/mol. The Bertz CT molecular complexity index is 446. The van der Waals surface area contributed by atoms with Crippen LogP contribution >= 0.6 is 0 Å². The average molecular weight is 478 g/mol. The maximum absolute atomic E-state index is 11.9. The molecule has 196 valence electrons. The van der Waals surface area contributed by atoms with Crippen LogP contribution in [-0.4, -0.2) is 109 Å². The van der Waals surface area contributed by atoms with Gasteiger partial charge in [-0.15, -0.1) is 6.42 Å². The number of carbonyl (C=O) groups is 2. The van der Waals surface area contributed by atoms with Gasteiger partial charge in [0.1, 0.15) is 6.61 Å². The molecule has 0 saturated carbocycles. The van der Waals surface area contributed by atoms with Gasteiger partial charge in [0, 0.05) is 27.2 Å². The normalized spacial score (nSPS) is 13.8. The van der Waals surface area contributed by atoms with E-state index in [0.717, 1.165) is 39.6 Å². The zero-order valence-electron chi connectivity index (χ0n) is 21.1. The number of amides is 2. The highest BCUT2D eigenvalue weighted by atomic mass is 16.6. The van der Waals surface area contributed by atoms with Gasteiger partial charge >= 0.3 is 0 Å². The Labute approximate surface area is 200 Å². The van der Waals surface area contributed by atoms with E-state index in [2.05, 4.69) is 25.1 Å². The number of aliphatic hydroxyl groups is 1. The molecule has 0 spiro atoms. The topological polar surface area (TPSA) is 133 Å². The van der Waals surface area contributed by atoms with Crippen molar-refractivity contribution in [1.29, 1.82) is 0 Å². The molecule has 10 heteroatoms. The zero-order valence-corrected chi connectivity index (χ0v) is 21.1. The number of nitrogens with one attached hydrogen (secondary N) is 1. The van der Waals surface area contributed by atoms with Crippen LogP contribution in [0.3, 0.4) is 0 Å². The van der Waals surface area contributed by atoms with Gasteiger partial charge in [0.15, 0.2) is 0 Å². The van der Waals surface area contributed by atoms with Gasteiger partial charge in [-0.1, -0.05) is 19.8 Å². The van der Waals surface area contributed by atoms with Crippen LogP contribution in [-0.2, 0) is 28.5 Å². The molecule has 0 aromatic carbocycles. The van der Waals surface area contributed by atoms with Crippen molar-refractivity contribution in [2.75, 3.05) is 86.6 Å². The largest absolute Gasteiger partial charge is 0.400 e. The summed E-state index contributed by atoms with van der Waals surface area (Å²) in [4.78, 5) is 22.9. The summed E-state index contributed by atoms with van der Waals surface area (Å²) < 4.78 is 21.1. The SMILES string of the molecule is C#CCOCCOCCOCCOCCC(=O)N1CCC(C)C1.CCCN.CNC=O.CO. The van der Waals surface area contributed by atoms with Crippen molar-refractivity contribution in [2.24, 2.45) is 11.7 Å². The van der Waals surface area contributed by atoms with Crippen LogP contribution in [0.5, 0.6) is 0 Å². The number of terminal acetylenes is 1. The van der Waals surface area contributed by atoms with Gasteiger partial charge < -0.3 is 40.0 Å². The molecule has 4 N–H and O–H groups in total. The van der Waals surface area contributed by atoms with E-state index in [4.69, 9.17) is 41.0 Å². The van der Waals surface area contributed by atoms with Crippen LogP contribution in [0.4, 0.5) is 0 Å². The van der Waals surface area contributed by atoms with Crippen LogP contribution in [0.1, 0.15) is 33.1 Å². The Kier molecular flexibility index (Phi) is 35.2. The molecule has 1 aliphatic rings. The zero-order chi connectivity index (χ0) is 25.6. The second-order valence-electron chi connectivity index (χ2n) is 6.77. The predicted molar refractivity (Wildman–Crippen MR) is 130 cm³/mol. The summed E-state index contributed by atoms with van der Waals surface area (Å²) in [5, 5.41) is 9.25. The number of rotatable bonds is 15. The first kappa shape index (κ1) is 35.8. The van der Waals surface area contributed by atoms with Crippen LogP contribution in [0, 0.1) is 18.3 Å². The van der Waals surface area contributed by atoms with Gasteiger partial charge in [-0.2, -0.15) is 0 Å². The molecule has 0 aromatic rings. The maximum atomic E-state index is 11.9. The number of likely N-dealkylation sites (tertiary alicyclic amines) is 1. The maximum Gasteiger partial charge on any atom is 0.224 e. The first-order chi connectivity index (χ1) is 16.1. The summed E-state index contributed by atoms with van der Waals surface area (Å²) in [7, 11) is 2.56. The summed E-state index contributed by atoms with van der Waals surface area (Å²) >= 11 is 0. The quantitative estimate of drug-likeness (QED) is 0.174. The average Bonchev–Trinajstić information content (AvgIpc) is 3.30. The van der Waals surface area contributed by atoms with Crippen molar-refractivity contribution in [1.82, 2.24) is 10.2 Å². The third-order valence-electron chi connectivity index (χ3n) is 3.94. The number of nitrogens with zero attached hydrogens (tertiary/aromatic N) is 1. The number of hydrogen-bond donors (Lipinski definition) is 3. The highest BCUT2D eigenvalue weighted by Gasteiger charge is 2.22. The van der Waals surface area contributed by atoms with E-state index in [1.54, 1.807) is 7.05 Å². The van der Waals surface area contributed by atoms with Gasteiger partial charge in [-0.3, -0.25) is 9.59 Å². The fraction of sp³-hybridized carbons (Fsp3) is 0.826. The molecular weight excluding hydrogens is 430 g/mol. The highest BCUT2D eigenvalue weighted by Crippen LogP contribution is 2.15. The first-order valence-electron chi connectivity index (χ1n) is 11.3. The summed E-state index contributed by atoms with van der Waals surface area (Å²) in [6.07, 6.45) is 8.33. The predicted octanol–water partition coefficient (Wildman–Crippen LogP) is 0.270. The Morgan fingerprint density at radius 2 is 1.58 bits per heavy atom. The van der Waals surface area contributed by atoms with Crippen LogP contribution in [0.15, 0.2) is 0 Å². The molecule has 33 heavy (non-hydrogen) atoms. The molecule has 2 amide bonds. The van der Waals surface area contributed by atoms with Crippen molar-refractivity contribution < 1.29 is 33.6 Å². The lowest BCUT2D eigenvalue weighted by molar-refractivity contribution is -0.131. The molecule has 1 atom stereocenters. The van der Waals surface area contributed by atoms with Crippen molar-refractivity contribution in [2.45, 2.75) is 33.1 Å². The van der Waals surface area contributed by atoms with E-state index < -0.39 is 0 Å². The Hall–Kier alpha value is -1.74. The van der Waals surface area contributed by atoms with Gasteiger partial charge in [-0.25, -0.2) is 0 Å².